The number of sulfonamides is 1. The first kappa shape index (κ1) is 14.4. The number of hydrogen-bond donors (Lipinski definition) is 2. The molecule has 1 aliphatic heterocycles. The Morgan fingerprint density at radius 2 is 2.10 bits per heavy atom. The van der Waals surface area contributed by atoms with Gasteiger partial charge in [-0.25, -0.2) is 13.6 Å². The second-order valence-corrected chi connectivity index (χ2v) is 5.71. The molecule has 2 rings (SSSR count). The average molecular weight is 298 g/mol. The lowest BCUT2D eigenvalue weighted by molar-refractivity contribution is -0.117. The van der Waals surface area contributed by atoms with E-state index in [1.165, 1.54) is 12.3 Å². The Hall–Kier alpha value is -2.06. The zero-order valence-electron chi connectivity index (χ0n) is 10.8. The number of ether oxygens (including phenoxy) is 2. The fraction of sp³-hybridized carbons (Fsp3) is 0.250. The molecule has 0 saturated heterocycles. The third-order valence-corrected chi connectivity index (χ3v) is 3.68. The van der Waals surface area contributed by atoms with Crippen molar-refractivity contribution >= 4 is 21.6 Å². The van der Waals surface area contributed by atoms with Crippen LogP contribution in [0.5, 0.6) is 0 Å². The highest BCUT2D eigenvalue weighted by Crippen LogP contribution is 2.19. The first-order valence-corrected chi connectivity index (χ1v) is 7.32. The van der Waals surface area contributed by atoms with E-state index in [1.807, 2.05) is 0 Å². The topological polar surface area (TPSA) is 108 Å². The van der Waals surface area contributed by atoms with Crippen LogP contribution in [0.25, 0.3) is 0 Å². The number of anilines is 1. The maximum atomic E-state index is 11.8. The Kier molecular flexibility index (Phi) is 3.96. The summed E-state index contributed by atoms with van der Waals surface area (Å²) >= 11 is 0. The van der Waals surface area contributed by atoms with E-state index in [0.717, 1.165) is 0 Å². The second-order valence-electron chi connectivity index (χ2n) is 4.18. The number of benzene rings is 1. The maximum Gasteiger partial charge on any atom is 0.294 e. The second kappa shape index (κ2) is 5.51. The Balaban J connectivity index is 2.22. The molecule has 3 N–H and O–H groups in total. The molecule has 0 atom stereocenters. The fourth-order valence-corrected chi connectivity index (χ4v) is 2.47. The number of carbonyl (C=O) groups excluding carboxylic acids is 1. The van der Waals surface area contributed by atoms with Crippen LogP contribution < -0.4 is 10.5 Å². The molecule has 1 amide bonds. The SMILES string of the molecule is Cc1ccc(NC(=O)C2=COCCO2)cc1S(N)(=O)=O. The minimum Gasteiger partial charge on any atom is -0.494 e. The molecule has 0 spiro atoms. The molecule has 20 heavy (non-hydrogen) atoms. The minimum atomic E-state index is -3.84. The van der Waals surface area contributed by atoms with E-state index in [4.69, 9.17) is 14.6 Å². The van der Waals surface area contributed by atoms with Gasteiger partial charge in [-0.05, 0) is 24.6 Å². The predicted octanol–water partition coefficient (Wildman–Crippen LogP) is 0.469. The van der Waals surface area contributed by atoms with E-state index >= 15 is 0 Å². The number of primary sulfonamides is 1. The summed E-state index contributed by atoms with van der Waals surface area (Å²) in [6, 6.07) is 4.43. The van der Waals surface area contributed by atoms with Crippen LogP contribution in [0.1, 0.15) is 5.56 Å². The molecule has 0 aliphatic carbocycles. The quantitative estimate of drug-likeness (QED) is 0.843. The standard InChI is InChI=1S/C12H14N2O5S/c1-8-2-3-9(6-11(8)20(13,16)17)14-12(15)10-7-18-4-5-19-10/h2-3,6-7H,4-5H2,1H3,(H,14,15)(H2,13,16,17). The first-order chi connectivity index (χ1) is 9.38. The van der Waals surface area contributed by atoms with E-state index in [0.29, 0.717) is 17.9 Å². The van der Waals surface area contributed by atoms with Crippen LogP contribution in [-0.4, -0.2) is 27.5 Å². The number of carbonyl (C=O) groups is 1. The minimum absolute atomic E-state index is 0.0361. The molecule has 1 heterocycles. The monoisotopic (exact) mass is 298 g/mol. The van der Waals surface area contributed by atoms with Gasteiger partial charge in [0.1, 0.15) is 19.5 Å². The van der Waals surface area contributed by atoms with Gasteiger partial charge in [0.05, 0.1) is 4.90 Å². The van der Waals surface area contributed by atoms with Gasteiger partial charge in [-0.3, -0.25) is 4.79 Å². The van der Waals surface area contributed by atoms with Crippen LogP contribution in [-0.2, 0) is 24.3 Å². The third kappa shape index (κ3) is 3.28. The van der Waals surface area contributed by atoms with Crippen LogP contribution in [0, 0.1) is 6.92 Å². The molecule has 8 heteroatoms. The van der Waals surface area contributed by atoms with Crippen molar-refractivity contribution in [3.63, 3.8) is 0 Å². The van der Waals surface area contributed by atoms with Gasteiger partial charge in [-0.1, -0.05) is 6.07 Å². The zero-order valence-corrected chi connectivity index (χ0v) is 11.6. The molecule has 0 aromatic heterocycles. The van der Waals surface area contributed by atoms with Gasteiger partial charge in [0.15, 0.2) is 0 Å². The van der Waals surface area contributed by atoms with Gasteiger partial charge in [0.2, 0.25) is 15.8 Å². The van der Waals surface area contributed by atoms with Crippen molar-refractivity contribution in [2.45, 2.75) is 11.8 Å². The van der Waals surface area contributed by atoms with Crippen LogP contribution in [0.15, 0.2) is 35.1 Å². The molecular formula is C12H14N2O5S. The van der Waals surface area contributed by atoms with E-state index in [-0.39, 0.29) is 17.3 Å². The Morgan fingerprint density at radius 3 is 2.70 bits per heavy atom. The highest BCUT2D eigenvalue weighted by atomic mass is 32.2. The molecule has 1 aliphatic rings. The molecular weight excluding hydrogens is 284 g/mol. The van der Waals surface area contributed by atoms with Crippen LogP contribution in [0.2, 0.25) is 0 Å². The summed E-state index contributed by atoms with van der Waals surface area (Å²) in [5, 5.41) is 7.62. The molecule has 0 saturated carbocycles. The Labute approximate surface area is 116 Å². The number of nitrogens with two attached hydrogens (primary N) is 1. The third-order valence-electron chi connectivity index (χ3n) is 2.63. The zero-order chi connectivity index (χ0) is 14.8. The molecule has 0 unspecified atom stereocenters. The van der Waals surface area contributed by atoms with Crippen LogP contribution >= 0.6 is 0 Å². The number of amides is 1. The van der Waals surface area contributed by atoms with Crippen molar-refractivity contribution in [2.24, 2.45) is 5.14 Å². The maximum absolute atomic E-state index is 11.8. The Bertz CT molecular complexity index is 666. The summed E-state index contributed by atoms with van der Waals surface area (Å²) in [5.74, 6) is -0.483. The smallest absolute Gasteiger partial charge is 0.294 e. The normalized spacial score (nSPS) is 14.8. The molecule has 0 radical (unpaired) electrons. The number of rotatable bonds is 3. The van der Waals surface area contributed by atoms with Crippen LogP contribution in [0.4, 0.5) is 5.69 Å². The molecule has 1 aromatic rings. The van der Waals surface area contributed by atoms with E-state index in [2.05, 4.69) is 5.32 Å². The summed E-state index contributed by atoms with van der Waals surface area (Å²) in [7, 11) is -3.84. The van der Waals surface area contributed by atoms with Gasteiger partial charge >= 0.3 is 0 Å². The van der Waals surface area contributed by atoms with Crippen molar-refractivity contribution in [2.75, 3.05) is 18.5 Å². The van der Waals surface area contributed by atoms with Gasteiger partial charge in [-0.15, -0.1) is 0 Å². The number of nitrogens with one attached hydrogen (secondary N) is 1. The molecule has 108 valence electrons. The summed E-state index contributed by atoms with van der Waals surface area (Å²) in [5.41, 5.74) is 0.807. The Morgan fingerprint density at radius 1 is 1.35 bits per heavy atom. The lowest BCUT2D eigenvalue weighted by Gasteiger charge is -2.15. The van der Waals surface area contributed by atoms with E-state index in [1.54, 1.807) is 19.1 Å². The predicted molar refractivity (Wildman–Crippen MR) is 71.2 cm³/mol. The number of aryl methyl sites for hydroxylation is 1. The van der Waals surface area contributed by atoms with E-state index in [9.17, 15) is 13.2 Å². The average Bonchev–Trinajstić information content (AvgIpc) is 2.40. The van der Waals surface area contributed by atoms with Gasteiger partial charge in [0, 0.05) is 5.69 Å². The van der Waals surface area contributed by atoms with Gasteiger partial charge < -0.3 is 14.8 Å². The van der Waals surface area contributed by atoms with Gasteiger partial charge in [-0.2, -0.15) is 0 Å². The van der Waals surface area contributed by atoms with Crippen molar-refractivity contribution < 1.29 is 22.7 Å². The number of hydrogen-bond acceptors (Lipinski definition) is 5. The molecule has 0 fully saturated rings. The summed E-state index contributed by atoms with van der Waals surface area (Å²) in [4.78, 5) is 11.8. The lowest BCUT2D eigenvalue weighted by Crippen LogP contribution is -2.21. The summed E-state index contributed by atoms with van der Waals surface area (Å²) in [6.07, 6.45) is 1.22. The van der Waals surface area contributed by atoms with E-state index < -0.39 is 15.9 Å². The van der Waals surface area contributed by atoms with Crippen molar-refractivity contribution in [1.29, 1.82) is 0 Å². The molecule has 1 aromatic carbocycles. The van der Waals surface area contributed by atoms with Crippen molar-refractivity contribution in [3.8, 4) is 0 Å². The van der Waals surface area contributed by atoms with Gasteiger partial charge in [0.25, 0.3) is 5.91 Å². The van der Waals surface area contributed by atoms with Crippen molar-refractivity contribution in [3.05, 3.63) is 35.8 Å². The summed E-state index contributed by atoms with van der Waals surface area (Å²) in [6.45, 7) is 2.29. The highest BCUT2D eigenvalue weighted by Gasteiger charge is 2.17. The van der Waals surface area contributed by atoms with Crippen molar-refractivity contribution in [1.82, 2.24) is 0 Å². The van der Waals surface area contributed by atoms with Crippen LogP contribution in [0.3, 0.4) is 0 Å². The summed E-state index contributed by atoms with van der Waals surface area (Å²) < 4.78 is 32.9. The molecule has 7 nitrogen and oxygen atoms in total. The lowest BCUT2D eigenvalue weighted by atomic mass is 10.2. The fourth-order valence-electron chi connectivity index (χ4n) is 1.66. The largest absolute Gasteiger partial charge is 0.494 e. The first-order valence-electron chi connectivity index (χ1n) is 5.77. The molecule has 0 bridgehead atoms. The highest BCUT2D eigenvalue weighted by molar-refractivity contribution is 7.89.